The van der Waals surface area contributed by atoms with Gasteiger partial charge in [-0.3, -0.25) is 0 Å². The normalized spacial score (nSPS) is 3.00. The van der Waals surface area contributed by atoms with Crippen molar-refractivity contribution in [3.63, 3.8) is 0 Å². The molecule has 0 aromatic carbocycles. The van der Waals surface area contributed by atoms with E-state index in [2.05, 4.69) is 0 Å². The Morgan fingerprint density at radius 1 is 0.438 bits per heavy atom. The second-order valence-corrected chi connectivity index (χ2v) is 0.385. The first-order chi connectivity index (χ1) is 5.66. The van der Waals surface area contributed by atoms with Crippen molar-refractivity contribution in [3.05, 3.63) is 0 Å². The van der Waals surface area contributed by atoms with Crippen molar-refractivity contribution in [2.45, 2.75) is 0 Å². The molecule has 0 aromatic heterocycles. The molecule has 0 saturated carbocycles. The van der Waals surface area contributed by atoms with Crippen molar-refractivity contribution in [2.24, 2.45) is 0 Å². The summed E-state index contributed by atoms with van der Waals surface area (Å²) in [5, 5.41) is 33.0. The molecule has 0 fully saturated rings. The Bertz CT molecular complexity index is 78.0. The van der Waals surface area contributed by atoms with Crippen LogP contribution in [0.25, 0.3) is 0 Å². The van der Waals surface area contributed by atoms with E-state index >= 15 is 0 Å². The number of hydrogen-bond acceptors (Lipinski definition) is 8. The second kappa shape index (κ2) is 92.9. The molecule has 0 bridgehead atoms. The van der Waals surface area contributed by atoms with Crippen LogP contribution in [0.4, 0.5) is 0 Å². The van der Waals surface area contributed by atoms with Crippen molar-refractivity contribution in [3.8, 4) is 0 Å². The number of carboxylic acid groups (broad SMARTS) is 4. The van der Waals surface area contributed by atoms with Gasteiger partial charge in [-0.15, -0.1) is 0 Å². The van der Waals surface area contributed by atoms with Gasteiger partial charge >= 0.3 is 206 Å². The van der Waals surface area contributed by atoms with Gasteiger partial charge in [0.25, 0.3) is 0 Å². The fourth-order valence-corrected chi connectivity index (χ4v) is 0. The predicted octanol–water partition coefficient (Wildman–Crippen LogP) is -18.5. The van der Waals surface area contributed by atoms with Gasteiger partial charge in [-0.2, -0.15) is 0 Å². The average Bonchev–Trinajstić information content (AvgIpc) is 1.92. The molecule has 12 heteroatoms. The molecule has 0 heterocycles. The van der Waals surface area contributed by atoms with Gasteiger partial charge in [0.1, 0.15) is 0 Å². The van der Waals surface area contributed by atoms with Crippen LogP contribution in [0.1, 0.15) is 0 Å². The SMILES string of the molecule is O=C[O-].O=C[O-].O=C[O-].O=C[O-].[K+].[K+].[K+].[K+]. The fraction of sp³-hybridized carbons (Fsp3) is 0. The van der Waals surface area contributed by atoms with E-state index < -0.39 is 25.9 Å². The summed E-state index contributed by atoms with van der Waals surface area (Å²) >= 11 is 0. The quantitative estimate of drug-likeness (QED) is 0.311. The van der Waals surface area contributed by atoms with Gasteiger partial charge < -0.3 is 39.6 Å². The molecule has 0 aliphatic carbocycles. The third-order valence-electron chi connectivity index (χ3n) is 0. The molecule has 0 aliphatic rings. The molecule has 8 nitrogen and oxygen atoms in total. The molecule has 72 valence electrons. The zero-order chi connectivity index (χ0) is 10.8. The zero-order valence-corrected chi connectivity index (χ0v) is 22.1. The zero-order valence-electron chi connectivity index (χ0n) is 9.58. The first kappa shape index (κ1) is 49.9. The first-order valence-electron chi connectivity index (χ1n) is 1.89. The molecule has 0 amide bonds. The Hall–Kier alpha value is 4.43. The molecular formula is C4H4K4O8. The molecule has 16 heavy (non-hydrogen) atoms. The van der Waals surface area contributed by atoms with E-state index in [1.807, 2.05) is 0 Å². The van der Waals surface area contributed by atoms with E-state index in [0.717, 1.165) is 0 Å². The summed E-state index contributed by atoms with van der Waals surface area (Å²) in [6.07, 6.45) is 0. The van der Waals surface area contributed by atoms with E-state index in [1.54, 1.807) is 0 Å². The molecule has 0 aromatic rings. The molecule has 0 aliphatic heterocycles. The third kappa shape index (κ3) is 286. The van der Waals surface area contributed by atoms with Gasteiger partial charge in [0.15, 0.2) is 0 Å². The molecule has 0 N–H and O–H groups in total. The second-order valence-electron chi connectivity index (χ2n) is 0.385. The average molecular weight is 336 g/mol. The first-order valence-corrected chi connectivity index (χ1v) is 1.89. The molecule has 0 spiro atoms. The van der Waals surface area contributed by atoms with Crippen LogP contribution in [0.3, 0.4) is 0 Å². The van der Waals surface area contributed by atoms with E-state index in [1.165, 1.54) is 0 Å². The van der Waals surface area contributed by atoms with Crippen molar-refractivity contribution < 1.29 is 245 Å². The van der Waals surface area contributed by atoms with Crippen LogP contribution in [-0.2, 0) is 19.2 Å². The molecule has 0 saturated heterocycles. The van der Waals surface area contributed by atoms with Crippen LogP contribution in [0.5, 0.6) is 0 Å². The minimum Gasteiger partial charge on any atom is -0.554 e. The van der Waals surface area contributed by atoms with Gasteiger partial charge in [-0.25, -0.2) is 0 Å². The van der Waals surface area contributed by atoms with Crippen LogP contribution in [-0.4, -0.2) is 25.9 Å². The Balaban J connectivity index is -0.00000000821. The molecule has 0 rings (SSSR count). The molecule has 0 radical (unpaired) electrons. The molecule has 0 unspecified atom stereocenters. The van der Waals surface area contributed by atoms with Crippen molar-refractivity contribution in [1.82, 2.24) is 0 Å². The standard InChI is InChI=1S/4CH2O2.4K/c4*2-1-3;;;;/h4*1H,(H,2,3);;;;/q;;;;4*+1/p-4. The minimum absolute atomic E-state index is 0. The Morgan fingerprint density at radius 3 is 0.438 bits per heavy atom. The smallest absolute Gasteiger partial charge is 0.554 e. The van der Waals surface area contributed by atoms with Crippen LogP contribution in [0.15, 0.2) is 0 Å². The number of rotatable bonds is 0. The topological polar surface area (TPSA) is 161 Å². The molecule has 0 atom stereocenters. The largest absolute Gasteiger partial charge is 1.00 e. The van der Waals surface area contributed by atoms with Gasteiger partial charge in [0, 0.05) is 25.9 Å². The maximum Gasteiger partial charge on any atom is 1.00 e. The summed E-state index contributed by atoms with van der Waals surface area (Å²) < 4.78 is 0. The summed E-state index contributed by atoms with van der Waals surface area (Å²) in [5.74, 6) is 0. The van der Waals surface area contributed by atoms with Crippen LogP contribution in [0, 0.1) is 0 Å². The molecular weight excluding hydrogens is 332 g/mol. The van der Waals surface area contributed by atoms with Gasteiger partial charge in [-0.1, -0.05) is 0 Å². The minimum atomic E-state index is -0.500. The summed E-state index contributed by atoms with van der Waals surface area (Å²) in [6.45, 7) is -2.00. The fourth-order valence-electron chi connectivity index (χ4n) is 0. The summed E-state index contributed by atoms with van der Waals surface area (Å²) in [7, 11) is 0. The van der Waals surface area contributed by atoms with Crippen molar-refractivity contribution >= 4 is 25.9 Å². The number of hydrogen-bond donors (Lipinski definition) is 0. The van der Waals surface area contributed by atoms with Gasteiger partial charge in [0.2, 0.25) is 0 Å². The maximum absolute atomic E-state index is 8.25. The van der Waals surface area contributed by atoms with E-state index in [-0.39, 0.29) is 206 Å². The summed E-state index contributed by atoms with van der Waals surface area (Å²) in [5.41, 5.74) is 0. The van der Waals surface area contributed by atoms with E-state index in [9.17, 15) is 0 Å². The number of carbonyl (C=O) groups is 4. The number of carbonyl (C=O) groups excluding carboxylic acids is 4. The summed E-state index contributed by atoms with van der Waals surface area (Å²) in [6, 6.07) is 0. The Kier molecular flexibility index (Phi) is 290. The Labute approximate surface area is 262 Å². The predicted molar refractivity (Wildman–Crippen MR) is 24.3 cm³/mol. The van der Waals surface area contributed by atoms with Crippen molar-refractivity contribution in [2.75, 3.05) is 0 Å². The maximum atomic E-state index is 8.25. The van der Waals surface area contributed by atoms with Crippen molar-refractivity contribution in [1.29, 1.82) is 0 Å². The summed E-state index contributed by atoms with van der Waals surface area (Å²) in [4.78, 5) is 33.0. The van der Waals surface area contributed by atoms with Crippen LogP contribution in [0.2, 0.25) is 0 Å². The van der Waals surface area contributed by atoms with Crippen LogP contribution < -0.4 is 226 Å². The third-order valence-corrected chi connectivity index (χ3v) is 0. The monoisotopic (exact) mass is 336 g/mol. The Morgan fingerprint density at radius 2 is 0.438 bits per heavy atom. The van der Waals surface area contributed by atoms with Crippen LogP contribution >= 0.6 is 0 Å². The van der Waals surface area contributed by atoms with Gasteiger partial charge in [-0.05, 0) is 0 Å². The van der Waals surface area contributed by atoms with E-state index in [4.69, 9.17) is 39.6 Å². The van der Waals surface area contributed by atoms with E-state index in [0.29, 0.717) is 0 Å². The van der Waals surface area contributed by atoms with Gasteiger partial charge in [0.05, 0.1) is 0 Å².